The zero-order chi connectivity index (χ0) is 28.4. The minimum absolute atomic E-state index is 0.0245. The first-order valence-corrected chi connectivity index (χ1v) is 14.1. The number of carbonyl (C=O) groups excluding carboxylic acids is 1. The van der Waals surface area contributed by atoms with E-state index in [-0.39, 0.29) is 24.9 Å². The summed E-state index contributed by atoms with van der Waals surface area (Å²) in [4.78, 5) is 43.4. The van der Waals surface area contributed by atoms with E-state index in [1.54, 1.807) is 38.5 Å². The number of para-hydroxylation sites is 1. The molecule has 0 aliphatic carbocycles. The van der Waals surface area contributed by atoms with Crippen LogP contribution in [0.2, 0.25) is 0 Å². The van der Waals surface area contributed by atoms with Gasteiger partial charge in [0.25, 0.3) is 5.56 Å². The molecular formula is C31H39N3O6. The van der Waals surface area contributed by atoms with E-state index in [0.717, 1.165) is 48.4 Å². The molecular weight excluding hydrogens is 510 g/mol. The van der Waals surface area contributed by atoms with Crippen LogP contribution in [0.15, 0.2) is 46.0 Å². The number of nitrogens with one attached hydrogen (secondary N) is 1. The maximum atomic E-state index is 12.8. The Morgan fingerprint density at radius 1 is 1.07 bits per heavy atom. The van der Waals surface area contributed by atoms with Crippen molar-refractivity contribution in [3.8, 4) is 11.5 Å². The van der Waals surface area contributed by atoms with Gasteiger partial charge in [-0.05, 0) is 72.4 Å². The Bertz CT molecular complexity index is 1490. The number of aromatic nitrogens is 2. The fourth-order valence-electron chi connectivity index (χ4n) is 6.46. The van der Waals surface area contributed by atoms with Crippen LogP contribution >= 0.6 is 0 Å². The molecule has 2 aromatic carbocycles. The minimum Gasteiger partial charge on any atom is -0.493 e. The van der Waals surface area contributed by atoms with Crippen LogP contribution in [0.5, 0.6) is 11.5 Å². The third-order valence-electron chi connectivity index (χ3n) is 8.44. The number of methoxy groups -OCH3 is 2. The predicted octanol–water partition coefficient (Wildman–Crippen LogP) is 3.92. The van der Waals surface area contributed by atoms with Gasteiger partial charge in [0.2, 0.25) is 0 Å². The zero-order valence-electron chi connectivity index (χ0n) is 23.8. The van der Waals surface area contributed by atoms with E-state index < -0.39 is 17.2 Å². The number of rotatable bonds is 9. The lowest BCUT2D eigenvalue weighted by molar-refractivity contribution is -0.147. The van der Waals surface area contributed by atoms with Gasteiger partial charge in [-0.2, -0.15) is 0 Å². The number of piperidine rings is 1. The van der Waals surface area contributed by atoms with Crippen molar-refractivity contribution >= 4 is 16.9 Å². The first kappa shape index (κ1) is 28.0. The average molecular weight is 550 g/mol. The van der Waals surface area contributed by atoms with E-state index >= 15 is 0 Å². The topological polar surface area (TPSA) is 103 Å². The summed E-state index contributed by atoms with van der Waals surface area (Å²) >= 11 is 0. The van der Waals surface area contributed by atoms with Crippen molar-refractivity contribution in [2.75, 3.05) is 33.9 Å². The molecule has 0 bridgehead atoms. The molecule has 1 aromatic heterocycles. The second-order valence-corrected chi connectivity index (χ2v) is 11.4. The van der Waals surface area contributed by atoms with Crippen LogP contribution in [0.1, 0.15) is 50.3 Å². The number of H-pyrrole nitrogens is 1. The first-order chi connectivity index (χ1) is 19.3. The zero-order valence-corrected chi connectivity index (χ0v) is 23.8. The number of benzene rings is 2. The number of aromatic amines is 1. The van der Waals surface area contributed by atoms with E-state index in [1.807, 2.05) is 0 Å². The molecule has 2 aliphatic rings. The van der Waals surface area contributed by atoms with Gasteiger partial charge < -0.3 is 19.2 Å². The number of esters is 1. The number of carbonyl (C=O) groups is 1. The third-order valence-corrected chi connectivity index (χ3v) is 8.44. The van der Waals surface area contributed by atoms with Crippen molar-refractivity contribution in [3.63, 3.8) is 0 Å². The maximum absolute atomic E-state index is 12.8. The number of fused-ring (bicyclic) bond motifs is 4. The summed E-state index contributed by atoms with van der Waals surface area (Å²) in [6.45, 7) is 6.72. The van der Waals surface area contributed by atoms with Gasteiger partial charge >= 0.3 is 11.7 Å². The fraction of sp³-hybridized carbons (Fsp3) is 0.516. The molecule has 9 nitrogen and oxygen atoms in total. The highest BCUT2D eigenvalue weighted by Crippen LogP contribution is 2.45. The highest BCUT2D eigenvalue weighted by atomic mass is 16.5. The standard InChI is InChI=1S/C31H39N3O6/c1-19(2)13-21-17-33-11-9-20-15-27(38-3)28(39-4)16-24(20)26(33)14-22(21)18-40-29(35)10-12-34-30(36)23-7-5-6-8-25(23)32-31(34)37/h5-8,15-16,19,21-22,26H,9-14,17-18H2,1-4H3,(H,32,37). The molecule has 2 aliphatic heterocycles. The normalized spacial score (nSPS) is 20.7. The molecule has 9 heteroatoms. The lowest BCUT2D eigenvalue weighted by Crippen LogP contribution is -2.47. The highest BCUT2D eigenvalue weighted by Gasteiger charge is 2.40. The molecule has 3 heterocycles. The summed E-state index contributed by atoms with van der Waals surface area (Å²) < 4.78 is 18.0. The van der Waals surface area contributed by atoms with Crippen molar-refractivity contribution in [3.05, 3.63) is 68.4 Å². The van der Waals surface area contributed by atoms with Crippen LogP contribution in [0, 0.1) is 17.8 Å². The van der Waals surface area contributed by atoms with E-state index in [0.29, 0.717) is 29.3 Å². The number of hydrogen-bond donors (Lipinski definition) is 1. The van der Waals surface area contributed by atoms with Crippen molar-refractivity contribution in [1.29, 1.82) is 0 Å². The third kappa shape index (κ3) is 5.66. The lowest BCUT2D eigenvalue weighted by Gasteiger charge is -2.47. The molecule has 1 saturated heterocycles. The van der Waals surface area contributed by atoms with Gasteiger partial charge in [-0.1, -0.05) is 26.0 Å². The van der Waals surface area contributed by atoms with E-state index in [4.69, 9.17) is 14.2 Å². The Balaban J connectivity index is 1.28. The lowest BCUT2D eigenvalue weighted by atomic mass is 9.74. The van der Waals surface area contributed by atoms with Gasteiger partial charge in [-0.25, -0.2) is 4.79 Å². The van der Waals surface area contributed by atoms with E-state index in [9.17, 15) is 14.4 Å². The molecule has 40 heavy (non-hydrogen) atoms. The van der Waals surface area contributed by atoms with Crippen molar-refractivity contribution in [2.45, 2.75) is 52.1 Å². The largest absolute Gasteiger partial charge is 0.493 e. The first-order valence-electron chi connectivity index (χ1n) is 14.1. The van der Waals surface area contributed by atoms with Crippen molar-refractivity contribution < 1.29 is 19.0 Å². The molecule has 1 N–H and O–H groups in total. The van der Waals surface area contributed by atoms with Gasteiger partial charge in [-0.15, -0.1) is 0 Å². The Morgan fingerprint density at radius 3 is 2.58 bits per heavy atom. The summed E-state index contributed by atoms with van der Waals surface area (Å²) in [5.41, 5.74) is 2.10. The second-order valence-electron chi connectivity index (χ2n) is 11.4. The maximum Gasteiger partial charge on any atom is 0.328 e. The molecule has 1 fully saturated rings. The minimum atomic E-state index is -0.524. The molecule has 0 saturated carbocycles. The number of ether oxygens (including phenoxy) is 3. The molecule has 0 amide bonds. The van der Waals surface area contributed by atoms with Crippen LogP contribution in [0.4, 0.5) is 0 Å². The van der Waals surface area contributed by atoms with Gasteiger partial charge in [-0.3, -0.25) is 19.1 Å². The molecule has 3 atom stereocenters. The number of hydrogen-bond acceptors (Lipinski definition) is 7. The van der Waals surface area contributed by atoms with Crippen LogP contribution in [0.3, 0.4) is 0 Å². The Hall–Kier alpha value is -3.59. The molecule has 5 rings (SSSR count). The summed E-state index contributed by atoms with van der Waals surface area (Å²) in [6.07, 6.45) is 2.87. The summed E-state index contributed by atoms with van der Waals surface area (Å²) in [5, 5.41) is 0.417. The summed E-state index contributed by atoms with van der Waals surface area (Å²) in [5.74, 6) is 2.23. The Labute approximate surface area is 234 Å². The summed E-state index contributed by atoms with van der Waals surface area (Å²) in [7, 11) is 3.32. The van der Waals surface area contributed by atoms with Crippen LogP contribution in [-0.4, -0.2) is 54.3 Å². The van der Waals surface area contributed by atoms with E-state index in [1.165, 1.54) is 11.1 Å². The van der Waals surface area contributed by atoms with E-state index in [2.05, 4.69) is 35.9 Å². The van der Waals surface area contributed by atoms with Gasteiger partial charge in [0.1, 0.15) is 0 Å². The molecule has 3 aromatic rings. The fourth-order valence-corrected chi connectivity index (χ4v) is 6.46. The highest BCUT2D eigenvalue weighted by molar-refractivity contribution is 5.77. The molecule has 0 radical (unpaired) electrons. The van der Waals surface area contributed by atoms with Crippen LogP contribution in [-0.2, 0) is 22.5 Å². The Morgan fingerprint density at radius 2 is 1.82 bits per heavy atom. The van der Waals surface area contributed by atoms with Gasteiger partial charge in [0.05, 0.1) is 38.2 Å². The molecule has 3 unspecified atom stereocenters. The van der Waals surface area contributed by atoms with Gasteiger partial charge in [0, 0.05) is 25.7 Å². The monoisotopic (exact) mass is 549 g/mol. The Kier molecular flexibility index (Phi) is 8.30. The van der Waals surface area contributed by atoms with Crippen molar-refractivity contribution in [2.24, 2.45) is 17.8 Å². The SMILES string of the molecule is COc1cc2c(cc1OC)C1CC(COC(=O)CCn3c(=O)[nH]c4ccccc4c3=O)C(CC(C)C)CN1CC2. The second kappa shape index (κ2) is 11.9. The average Bonchev–Trinajstić information content (AvgIpc) is 2.94. The smallest absolute Gasteiger partial charge is 0.328 e. The quantitative estimate of drug-likeness (QED) is 0.404. The van der Waals surface area contributed by atoms with Crippen molar-refractivity contribution in [1.82, 2.24) is 14.5 Å². The number of nitrogens with zero attached hydrogens (tertiary/aromatic N) is 2. The molecule has 0 spiro atoms. The summed E-state index contributed by atoms with van der Waals surface area (Å²) in [6, 6.07) is 11.3. The van der Waals surface area contributed by atoms with Crippen LogP contribution < -0.4 is 20.7 Å². The van der Waals surface area contributed by atoms with Crippen LogP contribution in [0.25, 0.3) is 10.9 Å². The van der Waals surface area contributed by atoms with Gasteiger partial charge in [0.15, 0.2) is 11.5 Å². The molecule has 214 valence electrons. The predicted molar refractivity (Wildman–Crippen MR) is 153 cm³/mol.